The van der Waals surface area contributed by atoms with E-state index in [0.717, 1.165) is 0 Å². The van der Waals surface area contributed by atoms with Gasteiger partial charge in [-0.2, -0.15) is 0 Å². The summed E-state index contributed by atoms with van der Waals surface area (Å²) in [5.41, 5.74) is 0. The molecule has 0 aromatic heterocycles. The maximum absolute atomic E-state index is 10.3. The maximum atomic E-state index is 10.3. The Kier molecular flexibility index (Phi) is 3.34. The van der Waals surface area contributed by atoms with Crippen molar-refractivity contribution in [2.75, 3.05) is 6.61 Å². The standard InChI is InChI=1S/C6H11NO7/c8-1-2-3(9)4(10)5(11)6(14-2)7(12)13/h2-6,8-11H,1H2/t2-,3-,4+,5-,6-/m1/s1. The molecule has 0 aromatic carbocycles. The van der Waals surface area contributed by atoms with Crippen LogP contribution in [0.15, 0.2) is 0 Å². The topological polar surface area (TPSA) is 133 Å². The van der Waals surface area contributed by atoms with Gasteiger partial charge in [-0.05, 0) is 0 Å². The molecule has 0 amide bonds. The summed E-state index contributed by atoms with van der Waals surface area (Å²) in [4.78, 5) is 9.40. The normalized spacial score (nSPS) is 43.6. The van der Waals surface area contributed by atoms with E-state index in [-0.39, 0.29) is 0 Å². The molecular weight excluding hydrogens is 198 g/mol. The van der Waals surface area contributed by atoms with Gasteiger partial charge in [-0.3, -0.25) is 10.1 Å². The molecule has 1 rings (SSSR count). The van der Waals surface area contributed by atoms with Crippen LogP contribution in [-0.4, -0.2) is 62.6 Å². The summed E-state index contributed by atoms with van der Waals surface area (Å²) in [6, 6.07) is 0. The van der Waals surface area contributed by atoms with Crippen molar-refractivity contribution >= 4 is 0 Å². The van der Waals surface area contributed by atoms with Crippen molar-refractivity contribution in [1.29, 1.82) is 0 Å². The molecule has 0 saturated carbocycles. The lowest BCUT2D eigenvalue weighted by Gasteiger charge is -2.35. The van der Waals surface area contributed by atoms with Gasteiger partial charge >= 0.3 is 6.23 Å². The molecule has 8 nitrogen and oxygen atoms in total. The molecule has 0 bridgehead atoms. The number of rotatable bonds is 2. The summed E-state index contributed by atoms with van der Waals surface area (Å²) in [7, 11) is 0. The quantitative estimate of drug-likeness (QED) is 0.282. The first-order valence-electron chi connectivity index (χ1n) is 3.93. The summed E-state index contributed by atoms with van der Waals surface area (Å²) in [5, 5.41) is 46.5. The lowest BCUT2D eigenvalue weighted by molar-refractivity contribution is -0.604. The maximum Gasteiger partial charge on any atom is 0.344 e. The van der Waals surface area contributed by atoms with Gasteiger partial charge in [0, 0.05) is 0 Å². The smallest absolute Gasteiger partial charge is 0.344 e. The molecule has 1 saturated heterocycles. The summed E-state index contributed by atoms with van der Waals surface area (Å²) < 4.78 is 4.58. The number of nitro groups is 1. The van der Waals surface area contributed by atoms with Gasteiger partial charge in [-0.25, -0.2) is 0 Å². The molecule has 5 atom stereocenters. The van der Waals surface area contributed by atoms with E-state index < -0.39 is 42.2 Å². The average molecular weight is 209 g/mol. The van der Waals surface area contributed by atoms with Crippen LogP contribution < -0.4 is 0 Å². The van der Waals surface area contributed by atoms with Gasteiger partial charge in [0.05, 0.1) is 11.5 Å². The van der Waals surface area contributed by atoms with Crippen molar-refractivity contribution < 1.29 is 30.1 Å². The van der Waals surface area contributed by atoms with Crippen LogP contribution in [0.5, 0.6) is 0 Å². The van der Waals surface area contributed by atoms with Crippen LogP contribution in [0.1, 0.15) is 0 Å². The zero-order valence-corrected chi connectivity index (χ0v) is 7.05. The van der Waals surface area contributed by atoms with Crippen molar-refractivity contribution in [3.63, 3.8) is 0 Å². The van der Waals surface area contributed by atoms with Crippen LogP contribution in [-0.2, 0) is 4.74 Å². The lowest BCUT2D eigenvalue weighted by atomic mass is 9.99. The Bertz CT molecular complexity index is 220. The highest BCUT2D eigenvalue weighted by molar-refractivity contribution is 4.88. The monoisotopic (exact) mass is 209 g/mol. The summed E-state index contributed by atoms with van der Waals surface area (Å²) in [5.74, 6) is 0. The van der Waals surface area contributed by atoms with Crippen LogP contribution in [0.25, 0.3) is 0 Å². The minimum Gasteiger partial charge on any atom is -0.394 e. The molecule has 0 spiro atoms. The highest BCUT2D eigenvalue weighted by Crippen LogP contribution is 2.21. The van der Waals surface area contributed by atoms with Gasteiger partial charge in [0.1, 0.15) is 18.3 Å². The largest absolute Gasteiger partial charge is 0.394 e. The number of nitrogens with zero attached hydrogens (tertiary/aromatic N) is 1. The molecule has 0 aromatic rings. The first-order valence-corrected chi connectivity index (χ1v) is 3.93. The number of hydrogen-bond donors (Lipinski definition) is 4. The van der Waals surface area contributed by atoms with Crippen molar-refractivity contribution in [3.8, 4) is 0 Å². The third-order valence-corrected chi connectivity index (χ3v) is 2.07. The Balaban J connectivity index is 2.78. The van der Waals surface area contributed by atoms with E-state index in [0.29, 0.717) is 0 Å². The zero-order valence-electron chi connectivity index (χ0n) is 7.05. The van der Waals surface area contributed by atoms with E-state index in [1.54, 1.807) is 0 Å². The number of hydrogen-bond acceptors (Lipinski definition) is 7. The van der Waals surface area contributed by atoms with Crippen LogP contribution in [0, 0.1) is 10.1 Å². The van der Waals surface area contributed by atoms with Crippen molar-refractivity contribution in [2.24, 2.45) is 0 Å². The molecule has 0 unspecified atom stereocenters. The first-order chi connectivity index (χ1) is 6.49. The zero-order chi connectivity index (χ0) is 10.9. The van der Waals surface area contributed by atoms with E-state index in [1.807, 2.05) is 0 Å². The molecule has 14 heavy (non-hydrogen) atoms. The number of ether oxygens (including phenoxy) is 1. The van der Waals surface area contributed by atoms with E-state index >= 15 is 0 Å². The van der Waals surface area contributed by atoms with Gasteiger partial charge in [0.25, 0.3) is 0 Å². The predicted molar refractivity (Wildman–Crippen MR) is 40.8 cm³/mol. The van der Waals surface area contributed by atoms with Crippen LogP contribution in [0.4, 0.5) is 0 Å². The average Bonchev–Trinajstić information content (AvgIpc) is 2.14. The second kappa shape index (κ2) is 4.15. The Morgan fingerprint density at radius 2 is 1.79 bits per heavy atom. The summed E-state index contributed by atoms with van der Waals surface area (Å²) in [6.45, 7) is -0.671. The van der Waals surface area contributed by atoms with E-state index in [9.17, 15) is 20.3 Å². The second-order valence-corrected chi connectivity index (χ2v) is 3.00. The minimum atomic E-state index is -1.83. The second-order valence-electron chi connectivity index (χ2n) is 3.00. The molecule has 8 heteroatoms. The molecule has 0 aliphatic carbocycles. The number of aliphatic hydroxyl groups is 4. The van der Waals surface area contributed by atoms with Crippen molar-refractivity contribution in [2.45, 2.75) is 30.6 Å². The number of aliphatic hydroxyl groups excluding tert-OH is 4. The van der Waals surface area contributed by atoms with E-state index in [1.165, 1.54) is 0 Å². The molecule has 1 aliphatic heterocycles. The molecular formula is C6H11NO7. The third-order valence-electron chi connectivity index (χ3n) is 2.07. The predicted octanol–water partition coefficient (Wildman–Crippen LogP) is -2.94. The molecule has 4 N–H and O–H groups in total. The minimum absolute atomic E-state index is 0.671. The fraction of sp³-hybridized carbons (Fsp3) is 1.00. The molecule has 0 radical (unpaired) electrons. The summed E-state index contributed by atoms with van der Waals surface area (Å²) in [6.07, 6.45) is -8.13. The van der Waals surface area contributed by atoms with Crippen LogP contribution in [0.2, 0.25) is 0 Å². The van der Waals surface area contributed by atoms with Gasteiger partial charge in [0.2, 0.25) is 0 Å². The van der Waals surface area contributed by atoms with Crippen molar-refractivity contribution in [3.05, 3.63) is 10.1 Å². The molecule has 1 fully saturated rings. The SMILES string of the molecule is O=[N+]([O-])[C@@H]1O[C@H](CO)[C@@H](O)[C@H](O)[C@H]1O. The highest BCUT2D eigenvalue weighted by Gasteiger charge is 2.49. The summed E-state index contributed by atoms with van der Waals surface area (Å²) >= 11 is 0. The van der Waals surface area contributed by atoms with Crippen molar-refractivity contribution in [1.82, 2.24) is 0 Å². The lowest BCUT2D eigenvalue weighted by Crippen LogP contribution is -2.60. The van der Waals surface area contributed by atoms with Gasteiger partial charge in [-0.1, -0.05) is 0 Å². The Morgan fingerprint density at radius 3 is 2.21 bits per heavy atom. The Morgan fingerprint density at radius 1 is 1.21 bits per heavy atom. The van der Waals surface area contributed by atoms with Gasteiger partial charge < -0.3 is 25.2 Å². The van der Waals surface area contributed by atoms with Crippen LogP contribution >= 0.6 is 0 Å². The van der Waals surface area contributed by atoms with E-state index in [4.69, 9.17) is 10.2 Å². The Hall–Kier alpha value is -0.800. The molecule has 82 valence electrons. The molecule has 1 heterocycles. The molecule has 1 aliphatic rings. The van der Waals surface area contributed by atoms with Gasteiger partial charge in [0.15, 0.2) is 6.10 Å². The van der Waals surface area contributed by atoms with E-state index in [2.05, 4.69) is 4.74 Å². The highest BCUT2D eigenvalue weighted by atomic mass is 16.7. The van der Waals surface area contributed by atoms with Gasteiger partial charge in [-0.15, -0.1) is 0 Å². The Labute approximate surface area is 78.5 Å². The van der Waals surface area contributed by atoms with Crippen LogP contribution in [0.3, 0.4) is 0 Å². The fourth-order valence-corrected chi connectivity index (χ4v) is 1.26. The fourth-order valence-electron chi connectivity index (χ4n) is 1.26. The third kappa shape index (κ3) is 1.83. The first kappa shape index (κ1) is 11.3.